The number of aliphatic imine (C=N–C) groups is 1. The summed E-state index contributed by atoms with van der Waals surface area (Å²) in [6.07, 6.45) is 5.60. The number of ether oxygens (including phenoxy) is 1. The minimum Gasteiger partial charge on any atom is -0.484 e. The van der Waals surface area contributed by atoms with Crippen LogP contribution in [-0.4, -0.2) is 47.8 Å². The molecule has 8 nitrogen and oxygen atoms in total. The fraction of sp³-hybridized carbons (Fsp3) is 0.308. The quantitative estimate of drug-likeness (QED) is 0.504. The van der Waals surface area contributed by atoms with Crippen LogP contribution in [0.25, 0.3) is 11.4 Å². The highest BCUT2D eigenvalue weighted by Gasteiger charge is 2.16. The van der Waals surface area contributed by atoms with Gasteiger partial charge in [-0.1, -0.05) is 18.2 Å². The van der Waals surface area contributed by atoms with Crippen LogP contribution in [0.2, 0.25) is 0 Å². The highest BCUT2D eigenvalue weighted by Crippen LogP contribution is 2.26. The zero-order chi connectivity index (χ0) is 23.3. The molecule has 0 aliphatic carbocycles. The largest absolute Gasteiger partial charge is 0.484 e. The van der Waals surface area contributed by atoms with Crippen molar-refractivity contribution in [2.45, 2.75) is 32.4 Å². The molecular formula is C26H28N6O2. The van der Waals surface area contributed by atoms with Crippen LogP contribution in [0.15, 0.2) is 53.7 Å². The van der Waals surface area contributed by atoms with Crippen molar-refractivity contribution in [3.63, 3.8) is 0 Å². The predicted molar refractivity (Wildman–Crippen MR) is 133 cm³/mol. The van der Waals surface area contributed by atoms with Gasteiger partial charge in [-0.15, -0.1) is 0 Å². The van der Waals surface area contributed by atoms with E-state index in [1.807, 2.05) is 43.5 Å². The molecule has 34 heavy (non-hydrogen) atoms. The van der Waals surface area contributed by atoms with E-state index < -0.39 is 0 Å². The Morgan fingerprint density at radius 2 is 2.06 bits per heavy atom. The first-order valence-corrected chi connectivity index (χ1v) is 11.6. The molecule has 3 N–H and O–H groups in total. The Morgan fingerprint density at radius 1 is 1.18 bits per heavy atom. The maximum absolute atomic E-state index is 12.3. The number of benzene rings is 2. The summed E-state index contributed by atoms with van der Waals surface area (Å²) < 4.78 is 5.75. The van der Waals surface area contributed by atoms with Crippen molar-refractivity contribution in [1.29, 1.82) is 0 Å². The monoisotopic (exact) mass is 456 g/mol. The first-order valence-electron chi connectivity index (χ1n) is 11.6. The van der Waals surface area contributed by atoms with E-state index in [0.717, 1.165) is 60.7 Å². The van der Waals surface area contributed by atoms with Crippen molar-refractivity contribution >= 4 is 23.6 Å². The van der Waals surface area contributed by atoms with E-state index in [4.69, 9.17) is 9.72 Å². The molecule has 0 radical (unpaired) electrons. The van der Waals surface area contributed by atoms with Gasteiger partial charge in [0.15, 0.2) is 12.4 Å². The molecule has 174 valence electrons. The summed E-state index contributed by atoms with van der Waals surface area (Å²) in [5, 5.41) is 9.74. The van der Waals surface area contributed by atoms with E-state index in [9.17, 15) is 4.79 Å². The average Bonchev–Trinajstić information content (AvgIpc) is 3.33. The minimum absolute atomic E-state index is 0.0173. The zero-order valence-corrected chi connectivity index (χ0v) is 19.2. The Labute approximate surface area is 198 Å². The molecule has 0 saturated carbocycles. The third kappa shape index (κ3) is 5.23. The molecule has 5 rings (SSSR count). The lowest BCUT2D eigenvalue weighted by Gasteiger charge is -2.23. The van der Waals surface area contributed by atoms with Crippen molar-refractivity contribution in [2.24, 2.45) is 4.99 Å². The Morgan fingerprint density at radius 3 is 2.94 bits per heavy atom. The highest BCUT2D eigenvalue weighted by atomic mass is 16.5. The lowest BCUT2D eigenvalue weighted by atomic mass is 10.1. The highest BCUT2D eigenvalue weighted by molar-refractivity contribution is 5.86. The maximum Gasteiger partial charge on any atom is 0.258 e. The summed E-state index contributed by atoms with van der Waals surface area (Å²) in [5.74, 6) is 1.83. The smallest absolute Gasteiger partial charge is 0.258 e. The van der Waals surface area contributed by atoms with Crippen LogP contribution in [0.3, 0.4) is 0 Å². The van der Waals surface area contributed by atoms with Crippen LogP contribution in [0, 0.1) is 6.92 Å². The molecule has 0 spiro atoms. The first-order chi connectivity index (χ1) is 16.6. The third-order valence-electron chi connectivity index (χ3n) is 6.04. The topological polar surface area (TPSA) is 101 Å². The number of aryl methyl sites for hydroxylation is 1. The molecule has 1 amide bonds. The summed E-state index contributed by atoms with van der Waals surface area (Å²) in [5.41, 5.74) is 5.08. The molecule has 3 aromatic rings. The van der Waals surface area contributed by atoms with Gasteiger partial charge in [-0.25, -0.2) is 9.97 Å². The molecule has 1 fully saturated rings. The van der Waals surface area contributed by atoms with Crippen LogP contribution in [0.1, 0.15) is 29.5 Å². The second kappa shape index (κ2) is 10.0. The van der Waals surface area contributed by atoms with Crippen LogP contribution in [0.4, 0.5) is 11.5 Å². The standard InChI is InChI=1S/C26H28N6O2/c1-17-13-29-26(32-25(17)31-22-6-5-19-14-28-15-20(19)11-22)18-3-2-4-23(12-18)34-16-24(33)30-21-7-9-27-10-8-21/h2-6,11-13,15,21,27H,7-10,14,16H2,1H3,(H,30,33)(H,29,31,32). The van der Waals surface area contributed by atoms with Gasteiger partial charge in [-0.3, -0.25) is 9.79 Å². The zero-order valence-electron chi connectivity index (χ0n) is 19.2. The molecule has 3 heterocycles. The molecular weight excluding hydrogens is 428 g/mol. The van der Waals surface area contributed by atoms with Gasteiger partial charge < -0.3 is 20.7 Å². The van der Waals surface area contributed by atoms with Gasteiger partial charge in [0.25, 0.3) is 5.91 Å². The van der Waals surface area contributed by atoms with Crippen LogP contribution in [0.5, 0.6) is 5.75 Å². The number of nitrogens with zero attached hydrogens (tertiary/aromatic N) is 3. The van der Waals surface area contributed by atoms with Crippen molar-refractivity contribution in [2.75, 3.05) is 25.0 Å². The van der Waals surface area contributed by atoms with E-state index in [0.29, 0.717) is 11.6 Å². The van der Waals surface area contributed by atoms with Crippen molar-refractivity contribution in [3.05, 3.63) is 65.4 Å². The number of carbonyl (C=O) groups is 1. The van der Waals surface area contributed by atoms with Gasteiger partial charge in [0.2, 0.25) is 0 Å². The molecule has 2 aliphatic rings. The molecule has 0 atom stereocenters. The van der Waals surface area contributed by atoms with Gasteiger partial charge in [-0.05, 0) is 68.2 Å². The normalized spacial score (nSPS) is 15.1. The van der Waals surface area contributed by atoms with E-state index in [1.54, 1.807) is 6.20 Å². The Hall–Kier alpha value is -3.78. The van der Waals surface area contributed by atoms with Crippen molar-refractivity contribution < 1.29 is 9.53 Å². The number of hydrogen-bond acceptors (Lipinski definition) is 7. The number of anilines is 2. The number of rotatable bonds is 7. The number of nitrogens with one attached hydrogen (secondary N) is 3. The van der Waals surface area contributed by atoms with Crippen LogP contribution in [-0.2, 0) is 11.3 Å². The molecule has 2 aliphatic heterocycles. The number of fused-ring (bicyclic) bond motifs is 1. The minimum atomic E-state index is -0.102. The Balaban J connectivity index is 1.26. The fourth-order valence-corrected chi connectivity index (χ4v) is 4.13. The molecule has 8 heteroatoms. The predicted octanol–water partition coefficient (Wildman–Crippen LogP) is 3.38. The summed E-state index contributed by atoms with van der Waals surface area (Å²) in [6, 6.07) is 13.9. The van der Waals surface area contributed by atoms with Gasteiger partial charge in [0, 0.05) is 35.3 Å². The maximum atomic E-state index is 12.3. The number of amides is 1. The number of carbonyl (C=O) groups excluding carboxylic acids is 1. The second-order valence-corrected chi connectivity index (χ2v) is 8.64. The summed E-state index contributed by atoms with van der Waals surface area (Å²) >= 11 is 0. The lowest BCUT2D eigenvalue weighted by molar-refractivity contribution is -0.123. The molecule has 0 bridgehead atoms. The average molecular weight is 457 g/mol. The summed E-state index contributed by atoms with van der Waals surface area (Å²) in [4.78, 5) is 25.8. The molecule has 1 saturated heterocycles. The van der Waals surface area contributed by atoms with Crippen LogP contribution >= 0.6 is 0 Å². The number of hydrogen-bond donors (Lipinski definition) is 3. The van der Waals surface area contributed by atoms with E-state index in [2.05, 4.69) is 38.1 Å². The van der Waals surface area contributed by atoms with E-state index in [1.165, 1.54) is 5.56 Å². The lowest BCUT2D eigenvalue weighted by Crippen LogP contribution is -2.44. The van der Waals surface area contributed by atoms with Gasteiger partial charge in [-0.2, -0.15) is 0 Å². The second-order valence-electron chi connectivity index (χ2n) is 8.64. The Kier molecular flexibility index (Phi) is 6.49. The van der Waals surface area contributed by atoms with Crippen molar-refractivity contribution in [3.8, 4) is 17.1 Å². The number of aromatic nitrogens is 2. The molecule has 1 aromatic heterocycles. The van der Waals surface area contributed by atoms with E-state index >= 15 is 0 Å². The summed E-state index contributed by atoms with van der Waals surface area (Å²) in [7, 11) is 0. The fourth-order valence-electron chi connectivity index (χ4n) is 4.13. The SMILES string of the molecule is Cc1cnc(-c2cccc(OCC(=O)NC3CCNCC3)c2)nc1Nc1ccc2c(c1)C=NC2. The first kappa shape index (κ1) is 22.0. The van der Waals surface area contributed by atoms with Gasteiger partial charge in [0.05, 0.1) is 6.54 Å². The molecule has 0 unspecified atom stereocenters. The third-order valence-corrected chi connectivity index (χ3v) is 6.04. The molecule has 2 aromatic carbocycles. The van der Waals surface area contributed by atoms with E-state index in [-0.39, 0.29) is 18.6 Å². The van der Waals surface area contributed by atoms with Crippen LogP contribution < -0.4 is 20.7 Å². The van der Waals surface area contributed by atoms with Gasteiger partial charge in [0.1, 0.15) is 11.6 Å². The Bertz CT molecular complexity index is 1220. The van der Waals surface area contributed by atoms with Gasteiger partial charge >= 0.3 is 0 Å². The van der Waals surface area contributed by atoms with Crippen molar-refractivity contribution in [1.82, 2.24) is 20.6 Å². The number of piperidine rings is 1. The summed E-state index contributed by atoms with van der Waals surface area (Å²) in [6.45, 7) is 4.56.